The predicted molar refractivity (Wildman–Crippen MR) is 316 cm³/mol. The molecule has 1 aliphatic heterocycles. The number of hydrogen-bond acceptors (Lipinski definition) is 17. The van der Waals surface area contributed by atoms with Crippen LogP contribution in [-0.4, -0.2) is 224 Å². The summed E-state index contributed by atoms with van der Waals surface area (Å²) in [6, 6.07) is 20.9. The average Bonchev–Trinajstić information content (AvgIpc) is 2.75. The fourth-order valence-corrected chi connectivity index (χ4v) is 8.70. The van der Waals surface area contributed by atoms with E-state index in [-0.39, 0.29) is 49.4 Å². The van der Waals surface area contributed by atoms with Crippen LogP contribution >= 0.6 is 0 Å². The first-order chi connectivity index (χ1) is 41.9. The van der Waals surface area contributed by atoms with Crippen LogP contribution in [0.5, 0.6) is 0 Å². The van der Waals surface area contributed by atoms with Gasteiger partial charge in [0.15, 0.2) is 0 Å². The molecule has 86 heavy (non-hydrogen) atoms. The fraction of sp³-hybridized carbons (Fsp3) is 0.565. The number of alkyl halides is 3. The summed E-state index contributed by atoms with van der Waals surface area (Å²) in [4.78, 5) is 62.5. The minimum atomic E-state index is -4.50. The van der Waals surface area contributed by atoms with Crippen LogP contribution in [0.2, 0.25) is 0 Å². The highest BCUT2D eigenvalue weighted by Crippen LogP contribution is 2.33. The maximum absolute atomic E-state index is 13.8. The van der Waals surface area contributed by atoms with Gasteiger partial charge in [0.25, 0.3) is 11.8 Å². The zero-order valence-corrected chi connectivity index (χ0v) is 50.0. The number of pyridine rings is 1. The lowest BCUT2D eigenvalue weighted by atomic mass is 10.0. The summed E-state index contributed by atoms with van der Waals surface area (Å²) in [7, 11) is 1.63. The molecule has 0 aliphatic carbocycles. The fourth-order valence-electron chi connectivity index (χ4n) is 8.70. The van der Waals surface area contributed by atoms with Crippen LogP contribution in [0.3, 0.4) is 0 Å². The van der Waals surface area contributed by atoms with Crippen molar-refractivity contribution >= 4 is 35.0 Å². The number of nitrogens with zero attached hydrogens (tertiary/aromatic N) is 4. The Kier molecular flexibility index (Phi) is 34.4. The van der Waals surface area contributed by atoms with Gasteiger partial charge in [0, 0.05) is 81.6 Å². The van der Waals surface area contributed by atoms with Crippen molar-refractivity contribution in [1.29, 1.82) is 0 Å². The highest BCUT2D eigenvalue weighted by Gasteiger charge is 2.30. The van der Waals surface area contributed by atoms with E-state index >= 15 is 0 Å². The lowest BCUT2D eigenvalue weighted by Crippen LogP contribution is -2.53. The molecule has 5 rings (SSSR count). The van der Waals surface area contributed by atoms with E-state index in [9.17, 15) is 32.3 Å². The maximum atomic E-state index is 13.8. The van der Waals surface area contributed by atoms with Gasteiger partial charge in [-0.05, 0) is 92.4 Å². The Morgan fingerprint density at radius 3 is 1.72 bits per heavy atom. The van der Waals surface area contributed by atoms with Gasteiger partial charge in [-0.1, -0.05) is 24.3 Å². The molecule has 24 heteroatoms. The summed E-state index contributed by atoms with van der Waals surface area (Å²) >= 11 is 0. The first-order valence-electron chi connectivity index (χ1n) is 29.4. The van der Waals surface area contributed by atoms with Gasteiger partial charge in [-0.2, -0.15) is 13.2 Å². The number of rotatable bonds is 46. The maximum Gasteiger partial charge on any atom is 0.416 e. The Labute approximate surface area is 503 Å². The molecular weight excluding hydrogens is 1130 g/mol. The van der Waals surface area contributed by atoms with Crippen molar-refractivity contribution in [3.63, 3.8) is 0 Å². The number of carbonyl (C=O) groups is 4. The van der Waals surface area contributed by atoms with Gasteiger partial charge in [-0.25, -0.2) is 0 Å². The van der Waals surface area contributed by atoms with Gasteiger partial charge in [0.05, 0.1) is 162 Å². The number of aryl methyl sites for hydroxylation is 1. The molecular formula is C62H87F3N6O15. The van der Waals surface area contributed by atoms with Crippen molar-refractivity contribution in [3.05, 3.63) is 113 Å². The molecule has 3 aromatic carbocycles. The molecule has 21 nitrogen and oxygen atoms in total. The second kappa shape index (κ2) is 41.8. The molecule has 1 saturated heterocycles. The predicted octanol–water partition coefficient (Wildman–Crippen LogP) is 6.60. The first kappa shape index (κ1) is 70.6. The largest absolute Gasteiger partial charge is 0.416 e. The number of piperazine rings is 1. The van der Waals surface area contributed by atoms with Crippen molar-refractivity contribution in [2.45, 2.75) is 45.8 Å². The smallest absolute Gasteiger partial charge is 0.382 e. The normalized spacial score (nSPS) is 12.7. The summed E-state index contributed by atoms with van der Waals surface area (Å²) in [5, 5.41) is 5.75. The zero-order chi connectivity index (χ0) is 61.5. The van der Waals surface area contributed by atoms with Crippen LogP contribution in [-0.2, 0) is 80.8 Å². The number of hydrogen-bond donors (Lipinski definition) is 2. The molecule has 2 N–H and O–H groups in total. The SMILES string of the molecule is CCN(CC)c1ccc(NC(=O)c2cccc(CCCOCCOCCOCCOCCC(=O)N3CCN(CCOCCOCCOCCOCCOCCOCCOC)C(=O)C3)c2)c(-c2cc(C(=O)NCc3cccc(C(F)(F)F)c3)ccn2)c1. The van der Waals surface area contributed by atoms with Crippen molar-refractivity contribution < 1.29 is 84.5 Å². The summed E-state index contributed by atoms with van der Waals surface area (Å²) in [6.07, 6.45) is -1.45. The Morgan fingerprint density at radius 2 is 1.14 bits per heavy atom. The number of methoxy groups -OCH3 is 1. The van der Waals surface area contributed by atoms with Crippen molar-refractivity contribution in [1.82, 2.24) is 20.1 Å². The standard InChI is InChI=1S/C62H87F3N6O15/c1-4-69(5-2)54-14-15-56(55(46-54)57-45-52(16-18-66-57)60(74)67-47-50-10-7-13-53(44-50)62(63,64)65)68-61(75)51-12-6-9-49(43-51)11-8-22-77-27-30-81-35-36-82-31-28-78-23-17-58(72)71-20-19-70(59(73)48-71)21-24-79-29-32-83-37-38-85-41-42-86-40-39-84-34-33-80-26-25-76-3/h6-7,9-10,12-16,18,43-46H,4-5,8,11,17,19-42,47-48H2,1-3H3,(H,67,74)(H,68,75). The van der Waals surface area contributed by atoms with E-state index in [1.165, 1.54) is 24.4 Å². The van der Waals surface area contributed by atoms with E-state index in [1.54, 1.807) is 29.0 Å². The minimum Gasteiger partial charge on any atom is -0.382 e. The van der Waals surface area contributed by atoms with E-state index in [1.807, 2.05) is 50.2 Å². The van der Waals surface area contributed by atoms with Gasteiger partial charge in [-0.3, -0.25) is 24.2 Å². The van der Waals surface area contributed by atoms with E-state index < -0.39 is 17.6 Å². The molecule has 0 saturated carbocycles. The number of benzene rings is 3. The Hall–Kier alpha value is -6.16. The molecule has 476 valence electrons. The Bertz CT molecular complexity index is 2580. The minimum absolute atomic E-state index is 0.0317. The topological polar surface area (TPSA) is 216 Å². The van der Waals surface area contributed by atoms with Crippen LogP contribution in [0.4, 0.5) is 24.5 Å². The lowest BCUT2D eigenvalue weighted by Gasteiger charge is -2.34. The van der Waals surface area contributed by atoms with E-state index in [2.05, 4.69) is 20.5 Å². The molecule has 0 radical (unpaired) electrons. The molecule has 2 heterocycles. The molecule has 0 bridgehead atoms. The van der Waals surface area contributed by atoms with Crippen molar-refractivity contribution in [3.8, 4) is 11.3 Å². The lowest BCUT2D eigenvalue weighted by molar-refractivity contribution is -0.146. The number of halogens is 3. The summed E-state index contributed by atoms with van der Waals surface area (Å²) in [6.45, 7) is 15.9. The second-order valence-corrected chi connectivity index (χ2v) is 19.5. The molecule has 1 aromatic heterocycles. The summed E-state index contributed by atoms with van der Waals surface area (Å²) < 4.78 is 100. The van der Waals surface area contributed by atoms with Crippen LogP contribution in [0.1, 0.15) is 64.1 Å². The Balaban J connectivity index is 0.856. The third kappa shape index (κ3) is 27.7. The molecule has 4 aromatic rings. The third-order valence-electron chi connectivity index (χ3n) is 13.4. The summed E-state index contributed by atoms with van der Waals surface area (Å²) in [5.41, 5.74) is 3.56. The van der Waals surface area contributed by atoms with E-state index in [0.717, 1.165) is 42.9 Å². The Morgan fingerprint density at radius 1 is 0.593 bits per heavy atom. The van der Waals surface area contributed by atoms with Gasteiger partial charge in [0.2, 0.25) is 11.8 Å². The van der Waals surface area contributed by atoms with Gasteiger partial charge in [-0.15, -0.1) is 0 Å². The number of aromatic nitrogens is 1. The van der Waals surface area contributed by atoms with E-state index in [4.69, 9.17) is 52.1 Å². The van der Waals surface area contributed by atoms with Crippen LogP contribution < -0.4 is 15.5 Å². The molecule has 4 amide bonds. The molecule has 1 fully saturated rings. The number of anilines is 2. The van der Waals surface area contributed by atoms with Crippen LogP contribution in [0.25, 0.3) is 11.3 Å². The number of amides is 4. The van der Waals surface area contributed by atoms with Crippen molar-refractivity contribution in [2.75, 3.05) is 195 Å². The van der Waals surface area contributed by atoms with Crippen LogP contribution in [0.15, 0.2) is 85.1 Å². The molecule has 0 unspecified atom stereocenters. The number of nitrogens with one attached hydrogen (secondary N) is 2. The highest BCUT2D eigenvalue weighted by atomic mass is 19.4. The molecule has 0 spiro atoms. The molecule has 1 aliphatic rings. The first-order valence-corrected chi connectivity index (χ1v) is 29.4. The monoisotopic (exact) mass is 1210 g/mol. The van der Waals surface area contributed by atoms with Gasteiger partial charge >= 0.3 is 6.18 Å². The van der Waals surface area contributed by atoms with Crippen molar-refractivity contribution in [2.24, 2.45) is 0 Å². The molecule has 0 atom stereocenters. The average molecular weight is 1210 g/mol. The van der Waals surface area contributed by atoms with Crippen LogP contribution in [0, 0.1) is 0 Å². The quantitative estimate of drug-likeness (QED) is 0.0446. The highest BCUT2D eigenvalue weighted by molar-refractivity contribution is 6.06. The van der Waals surface area contributed by atoms with Gasteiger partial charge in [0.1, 0.15) is 0 Å². The number of ether oxygens (including phenoxy) is 11. The zero-order valence-electron chi connectivity index (χ0n) is 50.0. The summed E-state index contributed by atoms with van der Waals surface area (Å²) in [5.74, 6) is -1.07. The number of carbonyl (C=O) groups excluding carboxylic acids is 4. The van der Waals surface area contributed by atoms with Gasteiger partial charge < -0.3 is 77.4 Å². The second-order valence-electron chi connectivity index (χ2n) is 19.5. The van der Waals surface area contributed by atoms with E-state index in [0.29, 0.717) is 186 Å². The third-order valence-corrected chi connectivity index (χ3v) is 13.4.